The van der Waals surface area contributed by atoms with Crippen LogP contribution in [0.2, 0.25) is 0 Å². The van der Waals surface area contributed by atoms with Gasteiger partial charge in [-0.1, -0.05) is 0 Å². The first-order valence-corrected chi connectivity index (χ1v) is 7.07. The van der Waals surface area contributed by atoms with E-state index in [1.807, 2.05) is 4.72 Å². The van der Waals surface area contributed by atoms with Crippen LogP contribution in [-0.4, -0.2) is 25.5 Å². The van der Waals surface area contributed by atoms with Crippen LogP contribution in [-0.2, 0) is 14.8 Å². The summed E-state index contributed by atoms with van der Waals surface area (Å²) in [7, 11) is -3.96. The molecule has 1 aromatic carbocycles. The summed E-state index contributed by atoms with van der Waals surface area (Å²) in [5.74, 6) is -1.28. The second-order valence-electron chi connectivity index (χ2n) is 4.14. The maximum atomic E-state index is 12.0. The number of hydrogen-bond acceptors (Lipinski definition) is 5. The molecule has 0 aliphatic rings. The molecule has 7 nitrogen and oxygen atoms in total. The summed E-state index contributed by atoms with van der Waals surface area (Å²) in [5.41, 5.74) is -0.284. The van der Waals surface area contributed by atoms with Gasteiger partial charge in [-0.3, -0.25) is 4.79 Å². The third kappa shape index (κ3) is 2.86. The van der Waals surface area contributed by atoms with Gasteiger partial charge in [0.25, 0.3) is 0 Å². The number of hydrogen-bond donors (Lipinski definition) is 2. The summed E-state index contributed by atoms with van der Waals surface area (Å²) >= 11 is 0. The van der Waals surface area contributed by atoms with E-state index in [-0.39, 0.29) is 10.5 Å². The molecule has 2 aromatic rings. The normalized spacial score (nSPS) is 13.2. The van der Waals surface area contributed by atoms with E-state index in [1.54, 1.807) is 0 Å². The van der Waals surface area contributed by atoms with Crippen molar-refractivity contribution >= 4 is 27.0 Å². The second kappa shape index (κ2) is 5.06. The Morgan fingerprint density at radius 1 is 1.30 bits per heavy atom. The van der Waals surface area contributed by atoms with Crippen LogP contribution in [0.3, 0.4) is 0 Å². The fraction of sp³-hybridized carbons (Fsp3) is 0.167. The first-order valence-electron chi connectivity index (χ1n) is 5.59. The summed E-state index contributed by atoms with van der Waals surface area (Å²) in [4.78, 5) is 21.6. The van der Waals surface area contributed by atoms with Gasteiger partial charge in [-0.15, -0.1) is 0 Å². The Morgan fingerprint density at radius 2 is 2.00 bits per heavy atom. The van der Waals surface area contributed by atoms with Gasteiger partial charge in [0.1, 0.15) is 11.6 Å². The standard InChI is InChI=1S/C12H11NO6S/c1-7(12(15)16)13-20(17,18)9-3-4-10-8(6-9)2-5-11(14)19-10/h2-7,13H,1H3,(H,15,16)/t7-/m0/s1. The SMILES string of the molecule is C[C@H](NS(=O)(=O)c1ccc2oc(=O)ccc2c1)C(=O)O. The van der Waals surface area contributed by atoms with Gasteiger partial charge in [-0.05, 0) is 31.2 Å². The lowest BCUT2D eigenvalue weighted by molar-refractivity contribution is -0.138. The third-order valence-electron chi connectivity index (χ3n) is 2.60. The summed E-state index contributed by atoms with van der Waals surface area (Å²) < 4.78 is 30.9. The van der Waals surface area contributed by atoms with Gasteiger partial charge in [-0.25, -0.2) is 13.2 Å². The average molecular weight is 297 g/mol. The van der Waals surface area contributed by atoms with Gasteiger partial charge < -0.3 is 9.52 Å². The Bertz CT molecular complexity index is 823. The summed E-state index contributed by atoms with van der Waals surface area (Å²) in [6, 6.07) is 5.24. The number of carbonyl (C=O) groups is 1. The van der Waals surface area contributed by atoms with Crippen LogP contribution in [0.5, 0.6) is 0 Å². The minimum absolute atomic E-state index is 0.105. The highest BCUT2D eigenvalue weighted by Crippen LogP contribution is 2.17. The molecule has 2 rings (SSSR count). The van der Waals surface area contributed by atoms with Crippen LogP contribution in [0.25, 0.3) is 11.0 Å². The highest BCUT2D eigenvalue weighted by molar-refractivity contribution is 7.89. The van der Waals surface area contributed by atoms with Crippen LogP contribution in [0.4, 0.5) is 0 Å². The summed E-state index contributed by atoms with van der Waals surface area (Å²) in [5, 5.41) is 9.14. The van der Waals surface area contributed by atoms with Crippen LogP contribution in [0.1, 0.15) is 6.92 Å². The van der Waals surface area contributed by atoms with Gasteiger partial charge in [0.2, 0.25) is 10.0 Å². The van der Waals surface area contributed by atoms with E-state index in [1.165, 1.54) is 37.3 Å². The van der Waals surface area contributed by atoms with Crippen molar-refractivity contribution in [2.45, 2.75) is 17.9 Å². The molecule has 0 bridgehead atoms. The summed E-state index contributed by atoms with van der Waals surface area (Å²) in [6.45, 7) is 1.22. The van der Waals surface area contributed by atoms with Crippen LogP contribution >= 0.6 is 0 Å². The molecule has 0 radical (unpaired) electrons. The molecule has 1 aromatic heterocycles. The zero-order valence-electron chi connectivity index (χ0n) is 10.4. The summed E-state index contributed by atoms with van der Waals surface area (Å²) in [6.07, 6.45) is 0. The number of sulfonamides is 1. The topological polar surface area (TPSA) is 114 Å². The molecule has 106 valence electrons. The number of carboxylic acid groups (broad SMARTS) is 1. The minimum Gasteiger partial charge on any atom is -0.480 e. The highest BCUT2D eigenvalue weighted by Gasteiger charge is 2.21. The van der Waals surface area contributed by atoms with Crippen molar-refractivity contribution in [3.63, 3.8) is 0 Å². The van der Waals surface area contributed by atoms with Crippen molar-refractivity contribution in [1.82, 2.24) is 4.72 Å². The van der Waals surface area contributed by atoms with E-state index < -0.39 is 27.7 Å². The number of rotatable bonds is 4. The predicted molar refractivity (Wildman–Crippen MR) is 69.9 cm³/mol. The van der Waals surface area contributed by atoms with E-state index in [4.69, 9.17) is 9.52 Å². The monoisotopic (exact) mass is 297 g/mol. The van der Waals surface area contributed by atoms with Crippen molar-refractivity contribution in [3.8, 4) is 0 Å². The molecule has 0 fully saturated rings. The molecular weight excluding hydrogens is 286 g/mol. The van der Waals surface area contributed by atoms with Gasteiger partial charge in [0.15, 0.2) is 0 Å². The Morgan fingerprint density at radius 3 is 2.65 bits per heavy atom. The lowest BCUT2D eigenvalue weighted by atomic mass is 10.2. The molecular formula is C12H11NO6S. The number of nitrogens with one attached hydrogen (secondary N) is 1. The molecule has 8 heteroatoms. The maximum absolute atomic E-state index is 12.0. The van der Waals surface area contributed by atoms with Crippen LogP contribution in [0.15, 0.2) is 44.4 Å². The molecule has 0 saturated carbocycles. The van der Waals surface area contributed by atoms with Gasteiger partial charge in [-0.2, -0.15) is 4.72 Å². The van der Waals surface area contributed by atoms with Crippen molar-refractivity contribution in [2.24, 2.45) is 0 Å². The maximum Gasteiger partial charge on any atom is 0.336 e. The molecule has 0 aliphatic heterocycles. The average Bonchev–Trinajstić information content (AvgIpc) is 2.37. The van der Waals surface area contributed by atoms with Gasteiger partial charge in [0, 0.05) is 11.5 Å². The molecule has 0 saturated heterocycles. The Kier molecular flexibility index (Phi) is 3.60. The van der Waals surface area contributed by atoms with E-state index in [0.29, 0.717) is 5.39 Å². The zero-order chi connectivity index (χ0) is 14.9. The van der Waals surface area contributed by atoms with E-state index in [0.717, 1.165) is 0 Å². The second-order valence-corrected chi connectivity index (χ2v) is 5.85. The largest absolute Gasteiger partial charge is 0.480 e. The van der Waals surface area contributed by atoms with Crippen molar-refractivity contribution in [3.05, 3.63) is 40.8 Å². The highest BCUT2D eigenvalue weighted by atomic mass is 32.2. The van der Waals surface area contributed by atoms with Crippen LogP contribution in [0, 0.1) is 0 Å². The Hall–Kier alpha value is -2.19. The van der Waals surface area contributed by atoms with Crippen molar-refractivity contribution < 1.29 is 22.7 Å². The van der Waals surface area contributed by atoms with E-state index in [9.17, 15) is 18.0 Å². The number of fused-ring (bicyclic) bond motifs is 1. The quantitative estimate of drug-likeness (QED) is 0.796. The zero-order valence-corrected chi connectivity index (χ0v) is 11.2. The molecule has 20 heavy (non-hydrogen) atoms. The lowest BCUT2D eigenvalue weighted by Crippen LogP contribution is -2.38. The van der Waals surface area contributed by atoms with Crippen molar-refractivity contribution in [2.75, 3.05) is 0 Å². The van der Waals surface area contributed by atoms with Gasteiger partial charge in [0.05, 0.1) is 4.90 Å². The molecule has 0 amide bonds. The Balaban J connectivity index is 2.44. The molecule has 2 N–H and O–H groups in total. The van der Waals surface area contributed by atoms with Gasteiger partial charge >= 0.3 is 11.6 Å². The molecule has 1 atom stereocenters. The Labute approximate surface area is 113 Å². The smallest absolute Gasteiger partial charge is 0.336 e. The first-order chi connectivity index (χ1) is 9.29. The fourth-order valence-corrected chi connectivity index (χ4v) is 2.80. The molecule has 1 heterocycles. The third-order valence-corrected chi connectivity index (χ3v) is 4.14. The van der Waals surface area contributed by atoms with Crippen molar-refractivity contribution in [1.29, 1.82) is 0 Å². The minimum atomic E-state index is -3.96. The van der Waals surface area contributed by atoms with E-state index >= 15 is 0 Å². The van der Waals surface area contributed by atoms with Crippen LogP contribution < -0.4 is 10.3 Å². The number of aliphatic carboxylic acids is 1. The predicted octanol–water partition coefficient (Wildman–Crippen LogP) is 0.544. The lowest BCUT2D eigenvalue weighted by Gasteiger charge is -2.10. The molecule has 0 aliphatic carbocycles. The molecule has 0 spiro atoms. The first kappa shape index (κ1) is 14.2. The molecule has 0 unspecified atom stereocenters. The number of benzene rings is 1. The van der Waals surface area contributed by atoms with E-state index in [2.05, 4.69) is 0 Å². The fourth-order valence-electron chi connectivity index (χ4n) is 1.57. The number of carboxylic acids is 1.